The van der Waals surface area contributed by atoms with Gasteiger partial charge in [-0.2, -0.15) is 0 Å². The third kappa shape index (κ3) is 5.45. The van der Waals surface area contributed by atoms with Crippen molar-refractivity contribution in [3.8, 4) is 11.5 Å². The van der Waals surface area contributed by atoms with Gasteiger partial charge in [0.1, 0.15) is 11.5 Å². The summed E-state index contributed by atoms with van der Waals surface area (Å²) in [5.74, 6) is 1.72. The summed E-state index contributed by atoms with van der Waals surface area (Å²) in [5.41, 5.74) is 2.38. The van der Waals surface area contributed by atoms with Crippen LogP contribution in [-0.2, 0) is 6.42 Å². The van der Waals surface area contributed by atoms with Gasteiger partial charge < -0.3 is 14.8 Å². The fraction of sp³-hybridized carbons (Fsp3) is 0.400. The molecule has 0 saturated carbocycles. The number of ether oxygens (including phenoxy) is 2. The van der Waals surface area contributed by atoms with Crippen LogP contribution in [0.1, 0.15) is 32.3 Å². The van der Waals surface area contributed by atoms with E-state index in [1.807, 2.05) is 24.3 Å². The highest BCUT2D eigenvalue weighted by Crippen LogP contribution is 2.28. The summed E-state index contributed by atoms with van der Waals surface area (Å²) >= 11 is 3.52. The summed E-state index contributed by atoms with van der Waals surface area (Å²) in [6, 6.07) is 14.3. The van der Waals surface area contributed by atoms with Crippen LogP contribution in [0.5, 0.6) is 11.5 Å². The Hall–Kier alpha value is -1.68. The Bertz CT molecular complexity index is 670. The zero-order chi connectivity index (χ0) is 17.6. The standard InChI is InChI=1S/C20H26BrNO2/c1-20(2,22-17-9-5-8-16(21)13-17)12-6-7-15-10-11-18(23-3)14-19(15)24-4/h5,8-11,13-14,22H,6-7,12H2,1-4H3. The number of anilines is 1. The highest BCUT2D eigenvalue weighted by molar-refractivity contribution is 9.10. The predicted octanol–water partition coefficient (Wildman–Crippen LogP) is 5.68. The van der Waals surface area contributed by atoms with E-state index in [-0.39, 0.29) is 5.54 Å². The van der Waals surface area contributed by atoms with Gasteiger partial charge in [0.25, 0.3) is 0 Å². The predicted molar refractivity (Wildman–Crippen MR) is 104 cm³/mol. The molecule has 0 aromatic heterocycles. The topological polar surface area (TPSA) is 30.5 Å². The molecule has 0 aliphatic rings. The summed E-state index contributed by atoms with van der Waals surface area (Å²) in [6.07, 6.45) is 3.13. The van der Waals surface area contributed by atoms with Gasteiger partial charge in [0.2, 0.25) is 0 Å². The maximum Gasteiger partial charge on any atom is 0.125 e. The van der Waals surface area contributed by atoms with E-state index >= 15 is 0 Å². The van der Waals surface area contributed by atoms with E-state index in [9.17, 15) is 0 Å². The SMILES string of the molecule is COc1ccc(CCCC(C)(C)Nc2cccc(Br)c2)c(OC)c1. The van der Waals surface area contributed by atoms with E-state index < -0.39 is 0 Å². The van der Waals surface area contributed by atoms with Crippen molar-refractivity contribution >= 4 is 21.6 Å². The molecular formula is C20H26BrNO2. The molecule has 0 aliphatic heterocycles. The van der Waals surface area contributed by atoms with Gasteiger partial charge in [-0.05, 0) is 62.9 Å². The first kappa shape index (κ1) is 18.7. The fourth-order valence-electron chi connectivity index (χ4n) is 2.80. The summed E-state index contributed by atoms with van der Waals surface area (Å²) in [4.78, 5) is 0. The lowest BCUT2D eigenvalue weighted by Gasteiger charge is -2.28. The molecule has 24 heavy (non-hydrogen) atoms. The number of rotatable bonds is 8. The largest absolute Gasteiger partial charge is 0.497 e. The van der Waals surface area contributed by atoms with Crippen molar-refractivity contribution in [1.82, 2.24) is 0 Å². The van der Waals surface area contributed by atoms with E-state index in [0.717, 1.165) is 40.9 Å². The summed E-state index contributed by atoms with van der Waals surface area (Å²) in [6.45, 7) is 4.47. The Kier molecular flexibility index (Phi) is 6.55. The first-order valence-corrected chi connectivity index (χ1v) is 8.97. The van der Waals surface area contributed by atoms with E-state index in [1.165, 1.54) is 5.56 Å². The van der Waals surface area contributed by atoms with Gasteiger partial charge in [0.15, 0.2) is 0 Å². The van der Waals surface area contributed by atoms with Crippen LogP contribution in [-0.4, -0.2) is 19.8 Å². The first-order valence-electron chi connectivity index (χ1n) is 8.18. The number of nitrogens with one attached hydrogen (secondary N) is 1. The molecule has 130 valence electrons. The van der Waals surface area contributed by atoms with Crippen LogP contribution in [0.25, 0.3) is 0 Å². The molecule has 1 N–H and O–H groups in total. The smallest absolute Gasteiger partial charge is 0.125 e. The lowest BCUT2D eigenvalue weighted by Crippen LogP contribution is -2.30. The normalized spacial score (nSPS) is 11.2. The van der Waals surface area contributed by atoms with Crippen molar-refractivity contribution in [2.75, 3.05) is 19.5 Å². The number of hydrogen-bond donors (Lipinski definition) is 1. The van der Waals surface area contributed by atoms with Crippen molar-refractivity contribution < 1.29 is 9.47 Å². The van der Waals surface area contributed by atoms with Gasteiger partial charge in [-0.3, -0.25) is 0 Å². The Morgan fingerprint density at radius 2 is 1.83 bits per heavy atom. The molecule has 0 heterocycles. The minimum absolute atomic E-state index is 0.0283. The average Bonchev–Trinajstić information content (AvgIpc) is 2.54. The minimum Gasteiger partial charge on any atom is -0.497 e. The van der Waals surface area contributed by atoms with Crippen molar-refractivity contribution in [1.29, 1.82) is 0 Å². The summed E-state index contributed by atoms with van der Waals surface area (Å²) in [7, 11) is 3.38. The fourth-order valence-corrected chi connectivity index (χ4v) is 3.20. The van der Waals surface area contributed by atoms with E-state index in [2.05, 4.69) is 53.3 Å². The van der Waals surface area contributed by atoms with E-state index in [4.69, 9.17) is 9.47 Å². The molecule has 0 fully saturated rings. The highest BCUT2D eigenvalue weighted by atomic mass is 79.9. The lowest BCUT2D eigenvalue weighted by atomic mass is 9.94. The van der Waals surface area contributed by atoms with Crippen LogP contribution in [0, 0.1) is 0 Å². The zero-order valence-electron chi connectivity index (χ0n) is 14.9. The third-order valence-corrected chi connectivity index (χ3v) is 4.54. The summed E-state index contributed by atoms with van der Waals surface area (Å²) < 4.78 is 11.8. The van der Waals surface area contributed by atoms with Gasteiger partial charge in [-0.15, -0.1) is 0 Å². The summed E-state index contributed by atoms with van der Waals surface area (Å²) in [5, 5.41) is 3.61. The number of benzene rings is 2. The van der Waals surface area contributed by atoms with Crippen LogP contribution in [0.3, 0.4) is 0 Å². The van der Waals surface area contributed by atoms with Crippen LogP contribution < -0.4 is 14.8 Å². The molecule has 0 bridgehead atoms. The van der Waals surface area contributed by atoms with Crippen LogP contribution in [0.4, 0.5) is 5.69 Å². The second-order valence-electron chi connectivity index (χ2n) is 6.55. The van der Waals surface area contributed by atoms with Crippen LogP contribution >= 0.6 is 15.9 Å². The molecule has 0 spiro atoms. The monoisotopic (exact) mass is 391 g/mol. The molecule has 2 rings (SSSR count). The number of aryl methyl sites for hydroxylation is 1. The number of halogens is 1. The Labute approximate surface area is 153 Å². The van der Waals surface area contributed by atoms with Gasteiger partial charge >= 0.3 is 0 Å². The van der Waals surface area contributed by atoms with Gasteiger partial charge in [0, 0.05) is 21.8 Å². The maximum atomic E-state index is 5.48. The van der Waals surface area contributed by atoms with Crippen molar-refractivity contribution in [3.63, 3.8) is 0 Å². The number of methoxy groups -OCH3 is 2. The van der Waals surface area contributed by atoms with Crippen molar-refractivity contribution in [2.24, 2.45) is 0 Å². The van der Waals surface area contributed by atoms with Crippen molar-refractivity contribution in [2.45, 2.75) is 38.6 Å². The Balaban J connectivity index is 1.93. The molecule has 0 amide bonds. The Morgan fingerprint density at radius 3 is 2.50 bits per heavy atom. The molecule has 0 unspecified atom stereocenters. The van der Waals surface area contributed by atoms with Gasteiger partial charge in [0.05, 0.1) is 14.2 Å². The van der Waals surface area contributed by atoms with Crippen molar-refractivity contribution in [3.05, 3.63) is 52.5 Å². The molecule has 0 aliphatic carbocycles. The quantitative estimate of drug-likeness (QED) is 0.627. The first-order chi connectivity index (χ1) is 11.4. The molecule has 2 aromatic rings. The molecule has 0 radical (unpaired) electrons. The van der Waals surface area contributed by atoms with E-state index in [1.54, 1.807) is 14.2 Å². The zero-order valence-corrected chi connectivity index (χ0v) is 16.4. The molecule has 0 saturated heterocycles. The lowest BCUT2D eigenvalue weighted by molar-refractivity contribution is 0.389. The highest BCUT2D eigenvalue weighted by Gasteiger charge is 2.17. The second-order valence-corrected chi connectivity index (χ2v) is 7.47. The van der Waals surface area contributed by atoms with Gasteiger partial charge in [-0.25, -0.2) is 0 Å². The molecule has 3 nitrogen and oxygen atoms in total. The molecule has 4 heteroatoms. The van der Waals surface area contributed by atoms with Gasteiger partial charge in [-0.1, -0.05) is 28.1 Å². The van der Waals surface area contributed by atoms with E-state index in [0.29, 0.717) is 0 Å². The maximum absolute atomic E-state index is 5.48. The molecule has 0 atom stereocenters. The molecular weight excluding hydrogens is 366 g/mol. The molecule has 2 aromatic carbocycles. The van der Waals surface area contributed by atoms with Crippen LogP contribution in [0.15, 0.2) is 46.9 Å². The second kappa shape index (κ2) is 8.43. The average molecular weight is 392 g/mol. The minimum atomic E-state index is 0.0283. The number of hydrogen-bond acceptors (Lipinski definition) is 3. The van der Waals surface area contributed by atoms with Crippen LogP contribution in [0.2, 0.25) is 0 Å². The third-order valence-electron chi connectivity index (χ3n) is 4.05. The Morgan fingerprint density at radius 1 is 1.04 bits per heavy atom.